The van der Waals surface area contributed by atoms with Gasteiger partial charge < -0.3 is 20.3 Å². The van der Waals surface area contributed by atoms with Crippen molar-refractivity contribution in [1.29, 1.82) is 0 Å². The molecule has 0 unspecified atom stereocenters. The van der Waals surface area contributed by atoms with E-state index in [4.69, 9.17) is 16.3 Å². The quantitative estimate of drug-likeness (QED) is 0.775. The van der Waals surface area contributed by atoms with Gasteiger partial charge in [-0.2, -0.15) is 0 Å². The Balaban J connectivity index is 1.41. The summed E-state index contributed by atoms with van der Waals surface area (Å²) >= 11 is 6.12. The lowest BCUT2D eigenvalue weighted by molar-refractivity contribution is 0.240. The van der Waals surface area contributed by atoms with Crippen LogP contribution < -0.4 is 20.3 Å². The fourth-order valence-corrected chi connectivity index (χ4v) is 3.50. The summed E-state index contributed by atoms with van der Waals surface area (Å²) in [5.41, 5.74) is 2.81. The molecule has 7 heteroatoms. The first-order valence-electron chi connectivity index (χ1n) is 9.48. The summed E-state index contributed by atoms with van der Waals surface area (Å²) in [4.78, 5) is 16.8. The number of hydrogen-bond acceptors (Lipinski definition) is 4. The molecule has 0 bridgehead atoms. The number of benzene rings is 2. The Morgan fingerprint density at radius 1 is 1.14 bits per heavy atom. The smallest absolute Gasteiger partial charge is 0.319 e. The van der Waals surface area contributed by atoms with Crippen molar-refractivity contribution in [2.45, 2.75) is 6.92 Å². The van der Waals surface area contributed by atoms with E-state index in [0.29, 0.717) is 17.3 Å². The number of nitrogens with one attached hydrogen (secondary N) is 2. The van der Waals surface area contributed by atoms with E-state index in [0.717, 1.165) is 49.7 Å². The second kappa shape index (κ2) is 9.66. The topological polar surface area (TPSA) is 56.8 Å². The Morgan fingerprint density at radius 3 is 2.64 bits per heavy atom. The number of ether oxygens (including phenoxy) is 1. The summed E-state index contributed by atoms with van der Waals surface area (Å²) in [5.74, 6) is 0.907. The number of rotatable bonds is 6. The maximum Gasteiger partial charge on any atom is 0.319 e. The van der Waals surface area contributed by atoms with Gasteiger partial charge in [-0.25, -0.2) is 4.79 Å². The van der Waals surface area contributed by atoms with E-state index in [9.17, 15) is 4.79 Å². The molecular weight excluding hydrogens is 376 g/mol. The number of carbonyl (C=O) groups is 1. The molecule has 0 aromatic heterocycles. The fraction of sp³-hybridized carbons (Fsp3) is 0.381. The van der Waals surface area contributed by atoms with Crippen LogP contribution in [0.1, 0.15) is 5.56 Å². The van der Waals surface area contributed by atoms with Crippen molar-refractivity contribution in [2.75, 3.05) is 56.6 Å². The lowest BCUT2D eigenvalue weighted by atomic mass is 10.2. The van der Waals surface area contributed by atoms with Gasteiger partial charge in [-0.05, 0) is 36.8 Å². The second-order valence-electron chi connectivity index (χ2n) is 6.86. The zero-order valence-corrected chi connectivity index (χ0v) is 17.1. The van der Waals surface area contributed by atoms with Gasteiger partial charge in [0, 0.05) is 39.3 Å². The zero-order valence-electron chi connectivity index (χ0n) is 16.4. The monoisotopic (exact) mass is 402 g/mol. The predicted octanol–water partition coefficient (Wildman–Crippen LogP) is 3.60. The number of hydrogen-bond donors (Lipinski definition) is 2. The van der Waals surface area contributed by atoms with Crippen LogP contribution >= 0.6 is 11.6 Å². The van der Waals surface area contributed by atoms with Crippen LogP contribution in [0.2, 0.25) is 5.02 Å². The molecule has 1 aliphatic rings. The summed E-state index contributed by atoms with van der Waals surface area (Å²) in [6.07, 6.45) is 0. The van der Waals surface area contributed by atoms with E-state index < -0.39 is 0 Å². The van der Waals surface area contributed by atoms with Crippen LogP contribution in [-0.4, -0.2) is 57.3 Å². The molecular formula is C21H27ClN4O2. The Hall–Kier alpha value is -2.44. The fourth-order valence-electron chi connectivity index (χ4n) is 3.33. The summed E-state index contributed by atoms with van der Waals surface area (Å²) in [6, 6.07) is 13.4. The number of anilines is 2. The van der Waals surface area contributed by atoms with Crippen LogP contribution in [0.25, 0.3) is 0 Å². The lowest BCUT2D eigenvalue weighted by Gasteiger charge is -2.36. The molecule has 3 rings (SSSR count). The first kappa shape index (κ1) is 20.3. The van der Waals surface area contributed by atoms with Gasteiger partial charge in [0.25, 0.3) is 0 Å². The summed E-state index contributed by atoms with van der Waals surface area (Å²) in [6.45, 7) is 7.13. The van der Waals surface area contributed by atoms with Crippen LogP contribution in [0.5, 0.6) is 5.75 Å². The molecule has 0 radical (unpaired) electrons. The average molecular weight is 403 g/mol. The van der Waals surface area contributed by atoms with Crippen molar-refractivity contribution in [1.82, 2.24) is 10.2 Å². The van der Waals surface area contributed by atoms with E-state index in [-0.39, 0.29) is 6.03 Å². The van der Waals surface area contributed by atoms with Crippen LogP contribution in [0.15, 0.2) is 42.5 Å². The Kier molecular flexibility index (Phi) is 7.01. The van der Waals surface area contributed by atoms with Crippen LogP contribution in [-0.2, 0) is 0 Å². The van der Waals surface area contributed by atoms with Gasteiger partial charge >= 0.3 is 6.03 Å². The Labute approximate surface area is 171 Å². The molecule has 2 aromatic rings. The molecule has 1 heterocycles. The van der Waals surface area contributed by atoms with E-state index in [1.807, 2.05) is 37.3 Å². The highest BCUT2D eigenvalue weighted by Crippen LogP contribution is 2.28. The van der Waals surface area contributed by atoms with Gasteiger partial charge in [0.05, 0.1) is 23.5 Å². The number of para-hydroxylation sites is 2. The molecule has 2 aromatic carbocycles. The molecule has 1 saturated heterocycles. The highest BCUT2D eigenvalue weighted by atomic mass is 35.5. The number of halogens is 1. The van der Waals surface area contributed by atoms with Gasteiger partial charge in [-0.3, -0.25) is 4.90 Å². The molecule has 0 atom stereocenters. The van der Waals surface area contributed by atoms with Gasteiger partial charge in [0.2, 0.25) is 0 Å². The molecule has 0 saturated carbocycles. The lowest BCUT2D eigenvalue weighted by Crippen LogP contribution is -2.48. The largest absolute Gasteiger partial charge is 0.495 e. The Bertz CT molecular complexity index is 807. The summed E-state index contributed by atoms with van der Waals surface area (Å²) in [7, 11) is 1.70. The van der Waals surface area contributed by atoms with Crippen molar-refractivity contribution in [3.05, 3.63) is 53.1 Å². The maximum absolute atomic E-state index is 12.1. The van der Waals surface area contributed by atoms with E-state index in [1.165, 1.54) is 0 Å². The number of piperazine rings is 1. The summed E-state index contributed by atoms with van der Waals surface area (Å²) < 4.78 is 5.46. The predicted molar refractivity (Wildman–Crippen MR) is 115 cm³/mol. The molecule has 1 fully saturated rings. The second-order valence-corrected chi connectivity index (χ2v) is 7.27. The van der Waals surface area contributed by atoms with Crippen molar-refractivity contribution in [2.24, 2.45) is 0 Å². The molecule has 28 heavy (non-hydrogen) atoms. The minimum Gasteiger partial charge on any atom is -0.495 e. The van der Waals surface area contributed by atoms with Crippen molar-refractivity contribution >= 4 is 29.0 Å². The van der Waals surface area contributed by atoms with E-state index >= 15 is 0 Å². The van der Waals surface area contributed by atoms with Gasteiger partial charge in [-0.1, -0.05) is 29.8 Å². The molecule has 2 N–H and O–H groups in total. The molecule has 150 valence electrons. The molecule has 2 amide bonds. The van der Waals surface area contributed by atoms with Crippen molar-refractivity contribution < 1.29 is 9.53 Å². The highest BCUT2D eigenvalue weighted by Gasteiger charge is 2.19. The van der Waals surface area contributed by atoms with Crippen LogP contribution in [0.4, 0.5) is 16.2 Å². The van der Waals surface area contributed by atoms with E-state index in [2.05, 4.69) is 26.5 Å². The number of nitrogens with zero attached hydrogens (tertiary/aromatic N) is 2. The first-order chi connectivity index (χ1) is 13.6. The van der Waals surface area contributed by atoms with Crippen molar-refractivity contribution in [3.63, 3.8) is 0 Å². The van der Waals surface area contributed by atoms with Gasteiger partial charge in [0.1, 0.15) is 5.75 Å². The number of carbonyl (C=O) groups excluding carboxylic acids is 1. The minimum absolute atomic E-state index is 0.236. The number of amides is 2. The summed E-state index contributed by atoms with van der Waals surface area (Å²) in [5, 5.41) is 6.25. The molecule has 0 spiro atoms. The normalized spacial score (nSPS) is 14.6. The zero-order chi connectivity index (χ0) is 19.9. The van der Waals surface area contributed by atoms with E-state index in [1.54, 1.807) is 13.2 Å². The number of aryl methyl sites for hydroxylation is 1. The SMILES string of the molecule is COc1ccccc1N1CCN(CCNC(=O)Nc2cc(C)ccc2Cl)CC1. The molecule has 6 nitrogen and oxygen atoms in total. The maximum atomic E-state index is 12.1. The highest BCUT2D eigenvalue weighted by molar-refractivity contribution is 6.33. The molecule has 1 aliphatic heterocycles. The first-order valence-corrected chi connectivity index (χ1v) is 9.86. The number of urea groups is 1. The van der Waals surface area contributed by atoms with Crippen LogP contribution in [0.3, 0.4) is 0 Å². The van der Waals surface area contributed by atoms with Crippen LogP contribution in [0, 0.1) is 6.92 Å². The third-order valence-corrected chi connectivity index (χ3v) is 5.21. The van der Waals surface area contributed by atoms with Gasteiger partial charge in [0.15, 0.2) is 0 Å². The van der Waals surface area contributed by atoms with Crippen molar-refractivity contribution in [3.8, 4) is 5.75 Å². The molecule has 0 aliphatic carbocycles. The standard InChI is InChI=1S/C21H27ClN4O2/c1-16-7-8-17(22)18(15-16)24-21(27)23-9-10-25-11-13-26(14-12-25)19-5-3-4-6-20(19)28-2/h3-8,15H,9-14H2,1-2H3,(H2,23,24,27). The third kappa shape index (κ3) is 5.30. The number of methoxy groups -OCH3 is 1. The minimum atomic E-state index is -0.236. The Morgan fingerprint density at radius 2 is 1.89 bits per heavy atom. The third-order valence-electron chi connectivity index (χ3n) is 4.88. The van der Waals surface area contributed by atoms with Gasteiger partial charge in [-0.15, -0.1) is 0 Å². The average Bonchev–Trinajstić information content (AvgIpc) is 2.71.